The normalized spacial score (nSPS) is 18.3. The van der Waals surface area contributed by atoms with E-state index in [1.165, 1.54) is 16.3 Å². The number of fused-ring (bicyclic) bond motifs is 4. The molecule has 140 valence electrons. The van der Waals surface area contributed by atoms with Crippen molar-refractivity contribution in [3.05, 3.63) is 52.6 Å². The van der Waals surface area contributed by atoms with Crippen LogP contribution in [-0.2, 0) is 12.1 Å². The van der Waals surface area contributed by atoms with E-state index in [9.17, 15) is 0 Å². The third kappa shape index (κ3) is 2.78. The van der Waals surface area contributed by atoms with Crippen LogP contribution in [0.1, 0.15) is 43.3 Å². The first-order chi connectivity index (χ1) is 13.2. The van der Waals surface area contributed by atoms with Gasteiger partial charge in [-0.25, -0.2) is 4.98 Å². The molecule has 5 rings (SSSR count). The largest absolute Gasteiger partial charge is 0.482 e. The molecule has 1 spiro atoms. The van der Waals surface area contributed by atoms with Gasteiger partial charge in [0.15, 0.2) is 0 Å². The number of para-hydroxylation sites is 1. The molecule has 0 radical (unpaired) electrons. The molecule has 5 nitrogen and oxygen atoms in total. The Bertz CT molecular complexity index is 939. The smallest absolute Gasteiger partial charge is 0.140 e. The van der Waals surface area contributed by atoms with Crippen molar-refractivity contribution >= 4 is 11.3 Å². The van der Waals surface area contributed by atoms with E-state index in [4.69, 9.17) is 9.84 Å². The Kier molecular flexibility index (Phi) is 4.06. The first-order valence-electron chi connectivity index (χ1n) is 9.63. The number of piperidine rings is 1. The Hall–Kier alpha value is -2.18. The number of likely N-dealkylation sites (tertiary alicyclic amines) is 1. The third-order valence-electron chi connectivity index (χ3n) is 5.73. The molecule has 4 heterocycles. The maximum atomic E-state index is 6.67. The average Bonchev–Trinajstić information content (AvgIpc) is 3.34. The molecule has 0 unspecified atom stereocenters. The SMILES string of the molecule is CC(C)n1ncc2c1-c1ccccc1OC21CCN(Cc2nccs2)CC1. The molecule has 6 heteroatoms. The monoisotopic (exact) mass is 380 g/mol. The van der Waals surface area contributed by atoms with Crippen molar-refractivity contribution < 1.29 is 4.74 Å². The highest BCUT2D eigenvalue weighted by Crippen LogP contribution is 2.50. The first kappa shape index (κ1) is 17.0. The van der Waals surface area contributed by atoms with Gasteiger partial charge in [-0.2, -0.15) is 5.10 Å². The molecule has 1 fully saturated rings. The van der Waals surface area contributed by atoms with Crippen molar-refractivity contribution in [2.75, 3.05) is 13.1 Å². The second-order valence-electron chi connectivity index (χ2n) is 7.74. The van der Waals surface area contributed by atoms with Gasteiger partial charge >= 0.3 is 0 Å². The lowest BCUT2D eigenvalue weighted by Gasteiger charge is -2.44. The van der Waals surface area contributed by atoms with Crippen LogP contribution in [0.5, 0.6) is 5.75 Å². The number of nitrogens with zero attached hydrogens (tertiary/aromatic N) is 4. The minimum absolute atomic E-state index is 0.268. The van der Waals surface area contributed by atoms with E-state index in [1.54, 1.807) is 11.3 Å². The minimum atomic E-state index is -0.268. The highest BCUT2D eigenvalue weighted by atomic mass is 32.1. The Morgan fingerprint density at radius 1 is 1.22 bits per heavy atom. The van der Waals surface area contributed by atoms with E-state index in [1.807, 2.05) is 12.4 Å². The molecule has 0 aliphatic carbocycles. The molecular formula is C21H24N4OS. The highest BCUT2D eigenvalue weighted by molar-refractivity contribution is 7.09. The summed E-state index contributed by atoms with van der Waals surface area (Å²) in [7, 11) is 0. The fraction of sp³-hybridized carbons (Fsp3) is 0.429. The van der Waals surface area contributed by atoms with E-state index in [2.05, 4.69) is 58.1 Å². The molecule has 3 aromatic rings. The molecule has 2 aliphatic heterocycles. The Morgan fingerprint density at radius 2 is 2.04 bits per heavy atom. The quantitative estimate of drug-likeness (QED) is 0.672. The summed E-state index contributed by atoms with van der Waals surface area (Å²) < 4.78 is 8.82. The molecule has 2 aromatic heterocycles. The van der Waals surface area contributed by atoms with Gasteiger partial charge in [0.2, 0.25) is 0 Å². The van der Waals surface area contributed by atoms with Gasteiger partial charge in [-0.05, 0) is 26.0 Å². The summed E-state index contributed by atoms with van der Waals surface area (Å²) in [5, 5.41) is 7.98. The molecule has 2 aliphatic rings. The van der Waals surface area contributed by atoms with Gasteiger partial charge in [-0.1, -0.05) is 12.1 Å². The molecule has 0 atom stereocenters. The predicted octanol–water partition coefficient (Wildman–Crippen LogP) is 4.47. The molecule has 1 aromatic carbocycles. The second kappa shape index (κ2) is 6.46. The van der Waals surface area contributed by atoms with Crippen LogP contribution in [0.3, 0.4) is 0 Å². The highest BCUT2D eigenvalue weighted by Gasteiger charge is 2.45. The van der Waals surface area contributed by atoms with E-state index >= 15 is 0 Å². The summed E-state index contributed by atoms with van der Waals surface area (Å²) in [5.74, 6) is 0.987. The number of rotatable bonds is 3. The van der Waals surface area contributed by atoms with Crippen molar-refractivity contribution in [1.29, 1.82) is 0 Å². The van der Waals surface area contributed by atoms with Crippen LogP contribution in [0, 0.1) is 0 Å². The summed E-state index contributed by atoms with van der Waals surface area (Å²) in [6.45, 7) is 7.33. The van der Waals surface area contributed by atoms with Crippen molar-refractivity contribution in [2.24, 2.45) is 0 Å². The van der Waals surface area contributed by atoms with Gasteiger partial charge in [-0.3, -0.25) is 9.58 Å². The van der Waals surface area contributed by atoms with Crippen LogP contribution in [-0.4, -0.2) is 32.8 Å². The minimum Gasteiger partial charge on any atom is -0.482 e. The first-order valence-corrected chi connectivity index (χ1v) is 10.5. The number of thiazole rings is 1. The van der Waals surface area contributed by atoms with E-state index in [0.717, 1.165) is 43.8 Å². The standard InChI is InChI=1S/C21H24N4OS/c1-15(2)25-20-16-5-3-4-6-18(16)26-21(17(20)13-23-25)7-10-24(11-8-21)14-19-22-9-12-27-19/h3-6,9,12-13,15H,7-8,10-11,14H2,1-2H3. The number of aromatic nitrogens is 3. The predicted molar refractivity (Wildman–Crippen MR) is 107 cm³/mol. The van der Waals surface area contributed by atoms with Gasteiger partial charge in [0.1, 0.15) is 16.4 Å². The summed E-state index contributed by atoms with van der Waals surface area (Å²) >= 11 is 1.73. The van der Waals surface area contributed by atoms with Crippen LogP contribution in [0.2, 0.25) is 0 Å². The number of benzene rings is 1. The molecule has 0 N–H and O–H groups in total. The van der Waals surface area contributed by atoms with Crippen molar-refractivity contribution in [2.45, 2.75) is 44.9 Å². The van der Waals surface area contributed by atoms with Crippen LogP contribution in [0.25, 0.3) is 11.3 Å². The second-order valence-corrected chi connectivity index (χ2v) is 8.72. The van der Waals surface area contributed by atoms with Crippen LogP contribution < -0.4 is 4.74 Å². The Morgan fingerprint density at radius 3 is 2.78 bits per heavy atom. The van der Waals surface area contributed by atoms with Crippen LogP contribution in [0.4, 0.5) is 0 Å². The van der Waals surface area contributed by atoms with E-state index in [0.29, 0.717) is 6.04 Å². The van der Waals surface area contributed by atoms with Gasteiger partial charge in [0.25, 0.3) is 0 Å². The lowest BCUT2D eigenvalue weighted by atomic mass is 9.81. The van der Waals surface area contributed by atoms with Gasteiger partial charge in [0, 0.05) is 54.7 Å². The molecule has 0 bridgehead atoms. The topological polar surface area (TPSA) is 43.2 Å². The fourth-order valence-corrected chi connectivity index (χ4v) is 5.00. The van der Waals surface area contributed by atoms with E-state index < -0.39 is 0 Å². The molecule has 27 heavy (non-hydrogen) atoms. The zero-order valence-electron chi connectivity index (χ0n) is 15.8. The van der Waals surface area contributed by atoms with E-state index in [-0.39, 0.29) is 5.60 Å². The number of hydrogen-bond acceptors (Lipinski definition) is 5. The number of hydrogen-bond donors (Lipinski definition) is 0. The summed E-state index contributed by atoms with van der Waals surface area (Å²) in [6.07, 6.45) is 5.88. The zero-order chi connectivity index (χ0) is 18.4. The Balaban J connectivity index is 1.48. The molecule has 0 amide bonds. The maximum absolute atomic E-state index is 6.67. The van der Waals surface area contributed by atoms with Crippen molar-refractivity contribution in [1.82, 2.24) is 19.7 Å². The van der Waals surface area contributed by atoms with Gasteiger partial charge in [0.05, 0.1) is 18.4 Å². The zero-order valence-corrected chi connectivity index (χ0v) is 16.6. The van der Waals surface area contributed by atoms with Crippen LogP contribution >= 0.6 is 11.3 Å². The average molecular weight is 381 g/mol. The lowest BCUT2D eigenvalue weighted by Crippen LogP contribution is -2.47. The Labute approximate surface area is 163 Å². The summed E-state index contributed by atoms with van der Waals surface area (Å²) in [5.41, 5.74) is 3.38. The third-order valence-corrected chi connectivity index (χ3v) is 6.49. The van der Waals surface area contributed by atoms with Crippen molar-refractivity contribution in [3.63, 3.8) is 0 Å². The molecular weight excluding hydrogens is 356 g/mol. The maximum Gasteiger partial charge on any atom is 0.140 e. The molecule has 0 saturated carbocycles. The van der Waals surface area contributed by atoms with Crippen molar-refractivity contribution in [3.8, 4) is 17.0 Å². The summed E-state index contributed by atoms with van der Waals surface area (Å²) in [6, 6.07) is 8.71. The van der Waals surface area contributed by atoms with Gasteiger partial charge in [-0.15, -0.1) is 11.3 Å². The molecule has 1 saturated heterocycles. The fourth-order valence-electron chi connectivity index (χ4n) is 4.34. The van der Waals surface area contributed by atoms with Gasteiger partial charge < -0.3 is 4.74 Å². The summed E-state index contributed by atoms with van der Waals surface area (Å²) in [4.78, 5) is 6.92. The van der Waals surface area contributed by atoms with Crippen LogP contribution in [0.15, 0.2) is 42.0 Å². The lowest BCUT2D eigenvalue weighted by molar-refractivity contribution is -0.00698. The number of ether oxygens (including phenoxy) is 1.